The number of rotatable bonds is 5. The van der Waals surface area contributed by atoms with Gasteiger partial charge in [-0.2, -0.15) is 11.8 Å². The first kappa shape index (κ1) is 14.2. The molecular weight excluding hydrogens is 248 g/mol. The molecular formula is C13H24N2O2S. The van der Waals surface area contributed by atoms with Gasteiger partial charge in [0.1, 0.15) is 0 Å². The average molecular weight is 272 g/mol. The van der Waals surface area contributed by atoms with E-state index in [1.165, 1.54) is 11.5 Å². The molecule has 2 unspecified atom stereocenters. The van der Waals surface area contributed by atoms with E-state index < -0.39 is 0 Å². The van der Waals surface area contributed by atoms with Gasteiger partial charge in [-0.1, -0.05) is 6.92 Å². The summed E-state index contributed by atoms with van der Waals surface area (Å²) in [6.07, 6.45) is 3.30. The van der Waals surface area contributed by atoms with E-state index in [1.54, 1.807) is 0 Å². The molecule has 2 atom stereocenters. The molecule has 18 heavy (non-hydrogen) atoms. The van der Waals surface area contributed by atoms with Crippen LogP contribution in [0.25, 0.3) is 0 Å². The summed E-state index contributed by atoms with van der Waals surface area (Å²) in [5.41, 5.74) is 0. The lowest BCUT2D eigenvalue weighted by Crippen LogP contribution is -2.47. The zero-order chi connectivity index (χ0) is 12.8. The smallest absolute Gasteiger partial charge is 0.227 e. The monoisotopic (exact) mass is 272 g/mol. The van der Waals surface area contributed by atoms with Gasteiger partial charge >= 0.3 is 0 Å². The Bertz CT molecular complexity index is 270. The molecule has 1 amide bonds. The van der Waals surface area contributed by atoms with Crippen LogP contribution in [-0.2, 0) is 9.53 Å². The third kappa shape index (κ3) is 3.87. The Labute approximate surface area is 114 Å². The van der Waals surface area contributed by atoms with Crippen LogP contribution in [0.3, 0.4) is 0 Å². The van der Waals surface area contributed by atoms with Crippen molar-refractivity contribution in [3.63, 3.8) is 0 Å². The molecule has 2 N–H and O–H groups in total. The van der Waals surface area contributed by atoms with E-state index in [0.29, 0.717) is 19.3 Å². The van der Waals surface area contributed by atoms with Crippen molar-refractivity contribution in [3.8, 4) is 0 Å². The minimum absolute atomic E-state index is 0.00821. The molecule has 2 aliphatic heterocycles. The van der Waals surface area contributed by atoms with Gasteiger partial charge in [-0.05, 0) is 37.3 Å². The highest BCUT2D eigenvalue weighted by molar-refractivity contribution is 7.99. The minimum atomic E-state index is -0.00821. The molecule has 0 aromatic heterocycles. The van der Waals surface area contributed by atoms with Crippen molar-refractivity contribution in [2.24, 2.45) is 5.92 Å². The van der Waals surface area contributed by atoms with Gasteiger partial charge in [-0.3, -0.25) is 4.79 Å². The maximum absolute atomic E-state index is 12.2. The SMILES string of the molecule is CCCNC1COCC1C(=O)NC1CCSCC1. The molecule has 2 heterocycles. The zero-order valence-electron chi connectivity index (χ0n) is 11.1. The molecule has 0 saturated carbocycles. The molecule has 5 heteroatoms. The van der Waals surface area contributed by atoms with Crippen LogP contribution in [0.5, 0.6) is 0 Å². The lowest BCUT2D eigenvalue weighted by molar-refractivity contribution is -0.126. The fourth-order valence-corrected chi connectivity index (χ4v) is 3.60. The molecule has 2 aliphatic rings. The Balaban J connectivity index is 1.79. The van der Waals surface area contributed by atoms with E-state index in [1.807, 2.05) is 11.8 Å². The summed E-state index contributed by atoms with van der Waals surface area (Å²) in [7, 11) is 0. The summed E-state index contributed by atoms with van der Waals surface area (Å²) < 4.78 is 5.45. The van der Waals surface area contributed by atoms with Gasteiger partial charge in [0.15, 0.2) is 0 Å². The zero-order valence-corrected chi connectivity index (χ0v) is 11.9. The molecule has 2 fully saturated rings. The first-order valence-electron chi connectivity index (χ1n) is 7.00. The highest BCUT2D eigenvalue weighted by Gasteiger charge is 2.34. The maximum atomic E-state index is 12.2. The Morgan fingerprint density at radius 2 is 2.11 bits per heavy atom. The number of thioether (sulfide) groups is 1. The molecule has 0 spiro atoms. The summed E-state index contributed by atoms with van der Waals surface area (Å²) in [5.74, 6) is 2.51. The topological polar surface area (TPSA) is 50.4 Å². The Kier molecular flexibility index (Phi) is 5.79. The highest BCUT2D eigenvalue weighted by Crippen LogP contribution is 2.19. The second-order valence-corrected chi connectivity index (χ2v) is 6.32. The van der Waals surface area contributed by atoms with Gasteiger partial charge in [-0.15, -0.1) is 0 Å². The summed E-state index contributed by atoms with van der Waals surface area (Å²) in [5, 5.41) is 6.60. The average Bonchev–Trinajstić information content (AvgIpc) is 2.86. The van der Waals surface area contributed by atoms with E-state index in [4.69, 9.17) is 4.74 Å². The van der Waals surface area contributed by atoms with Crippen LogP contribution in [0.15, 0.2) is 0 Å². The van der Waals surface area contributed by atoms with Crippen LogP contribution in [0.1, 0.15) is 26.2 Å². The van der Waals surface area contributed by atoms with Crippen molar-refractivity contribution < 1.29 is 9.53 Å². The number of ether oxygens (including phenoxy) is 1. The highest BCUT2D eigenvalue weighted by atomic mass is 32.2. The summed E-state index contributed by atoms with van der Waals surface area (Å²) in [6.45, 7) is 4.32. The molecule has 4 nitrogen and oxygen atoms in total. The van der Waals surface area contributed by atoms with Crippen LogP contribution >= 0.6 is 11.8 Å². The van der Waals surface area contributed by atoms with Crippen molar-refractivity contribution in [1.29, 1.82) is 0 Å². The lowest BCUT2D eigenvalue weighted by Gasteiger charge is -2.25. The van der Waals surface area contributed by atoms with Gasteiger partial charge in [0.25, 0.3) is 0 Å². The van der Waals surface area contributed by atoms with E-state index >= 15 is 0 Å². The quantitative estimate of drug-likeness (QED) is 0.784. The Hall–Kier alpha value is -0.260. The van der Waals surface area contributed by atoms with Crippen LogP contribution in [0, 0.1) is 5.92 Å². The second-order valence-electron chi connectivity index (χ2n) is 5.10. The number of nitrogens with one attached hydrogen (secondary N) is 2. The summed E-state index contributed by atoms with van der Waals surface area (Å²) in [4.78, 5) is 12.2. The molecule has 0 aromatic rings. The number of hydrogen-bond donors (Lipinski definition) is 2. The second kappa shape index (κ2) is 7.36. The van der Waals surface area contributed by atoms with Gasteiger partial charge in [0.2, 0.25) is 5.91 Å². The van der Waals surface area contributed by atoms with Gasteiger partial charge < -0.3 is 15.4 Å². The number of amides is 1. The fraction of sp³-hybridized carbons (Fsp3) is 0.923. The van der Waals surface area contributed by atoms with E-state index in [0.717, 1.165) is 25.8 Å². The Morgan fingerprint density at radius 3 is 2.83 bits per heavy atom. The van der Waals surface area contributed by atoms with Crippen molar-refractivity contribution in [1.82, 2.24) is 10.6 Å². The number of carbonyl (C=O) groups is 1. The van der Waals surface area contributed by atoms with Crippen LogP contribution in [0.2, 0.25) is 0 Å². The maximum Gasteiger partial charge on any atom is 0.227 e. The summed E-state index contributed by atoms with van der Waals surface area (Å²) in [6, 6.07) is 0.578. The van der Waals surface area contributed by atoms with Gasteiger partial charge in [0, 0.05) is 12.1 Å². The number of carbonyl (C=O) groups excluding carboxylic acids is 1. The molecule has 0 aromatic carbocycles. The molecule has 0 aliphatic carbocycles. The van der Waals surface area contributed by atoms with Crippen LogP contribution in [0.4, 0.5) is 0 Å². The van der Waals surface area contributed by atoms with Crippen molar-refractivity contribution in [2.75, 3.05) is 31.3 Å². The van der Waals surface area contributed by atoms with E-state index in [9.17, 15) is 4.79 Å². The number of hydrogen-bond acceptors (Lipinski definition) is 4. The van der Waals surface area contributed by atoms with Crippen molar-refractivity contribution >= 4 is 17.7 Å². The summed E-state index contributed by atoms with van der Waals surface area (Å²) >= 11 is 1.98. The first-order chi connectivity index (χ1) is 8.81. The molecule has 104 valence electrons. The minimum Gasteiger partial charge on any atom is -0.379 e. The molecule has 0 radical (unpaired) electrons. The van der Waals surface area contributed by atoms with Crippen molar-refractivity contribution in [2.45, 2.75) is 38.3 Å². The van der Waals surface area contributed by atoms with E-state index in [2.05, 4.69) is 17.6 Å². The van der Waals surface area contributed by atoms with E-state index in [-0.39, 0.29) is 17.9 Å². The van der Waals surface area contributed by atoms with Crippen molar-refractivity contribution in [3.05, 3.63) is 0 Å². The normalized spacial score (nSPS) is 29.4. The lowest BCUT2D eigenvalue weighted by atomic mass is 10.0. The third-order valence-corrected chi connectivity index (χ3v) is 4.69. The fourth-order valence-electron chi connectivity index (χ4n) is 2.49. The predicted molar refractivity (Wildman–Crippen MR) is 74.9 cm³/mol. The van der Waals surface area contributed by atoms with Gasteiger partial charge in [0.05, 0.1) is 19.1 Å². The van der Waals surface area contributed by atoms with Crippen LogP contribution in [-0.4, -0.2) is 49.3 Å². The van der Waals surface area contributed by atoms with Crippen LogP contribution < -0.4 is 10.6 Å². The van der Waals surface area contributed by atoms with Gasteiger partial charge in [-0.25, -0.2) is 0 Å². The Morgan fingerprint density at radius 1 is 1.33 bits per heavy atom. The predicted octanol–water partition coefficient (Wildman–Crippen LogP) is 1.01. The third-order valence-electron chi connectivity index (χ3n) is 3.64. The molecule has 2 saturated heterocycles. The standard InChI is InChI=1S/C13H24N2O2S/c1-2-5-14-12-9-17-8-11(12)13(16)15-10-3-6-18-7-4-10/h10-12,14H,2-9H2,1H3,(H,15,16). The molecule has 0 bridgehead atoms. The largest absolute Gasteiger partial charge is 0.379 e. The first-order valence-corrected chi connectivity index (χ1v) is 8.16. The molecule has 2 rings (SSSR count).